The smallest absolute Gasteiger partial charge is 0.0529 e. The molecule has 3 heteroatoms. The Morgan fingerprint density at radius 2 is 1.94 bits per heavy atom. The molecular weight excluding hydrogens is 218 g/mol. The average molecular weight is 239 g/mol. The van der Waals surface area contributed by atoms with E-state index in [1.807, 2.05) is 25.1 Å². The lowest BCUT2D eigenvalue weighted by Crippen LogP contribution is -2.11. The zero-order chi connectivity index (χ0) is 12.3. The van der Waals surface area contributed by atoms with Gasteiger partial charge in [-0.05, 0) is 42.5 Å². The summed E-state index contributed by atoms with van der Waals surface area (Å²) < 4.78 is 12.0. The number of anilines is 1. The topological polar surface area (TPSA) is 43.1 Å². The first-order chi connectivity index (χ1) is 7.29. The van der Waals surface area contributed by atoms with Crippen molar-refractivity contribution in [1.82, 2.24) is 0 Å². The van der Waals surface area contributed by atoms with Gasteiger partial charge in [0.2, 0.25) is 0 Å². The molecule has 90 valence electrons. The standard InChI is InChI=1S/C13H21NOS/c1-10-9-11(5-6-12(10)14)16(15)8-7-13(2,3)4/h5-6,9H,7-8,14H2,1-4H3. The van der Waals surface area contributed by atoms with Crippen molar-refractivity contribution in [2.24, 2.45) is 5.41 Å². The highest BCUT2D eigenvalue weighted by molar-refractivity contribution is 7.85. The van der Waals surface area contributed by atoms with Crippen molar-refractivity contribution in [3.05, 3.63) is 23.8 Å². The quantitative estimate of drug-likeness (QED) is 0.824. The Hall–Kier alpha value is -0.830. The van der Waals surface area contributed by atoms with Crippen LogP contribution in [0.15, 0.2) is 23.1 Å². The van der Waals surface area contributed by atoms with Crippen LogP contribution in [-0.4, -0.2) is 9.96 Å². The lowest BCUT2D eigenvalue weighted by atomic mass is 9.94. The molecule has 0 fully saturated rings. The molecule has 0 aromatic heterocycles. The highest BCUT2D eigenvalue weighted by Crippen LogP contribution is 2.21. The van der Waals surface area contributed by atoms with Gasteiger partial charge in [0.05, 0.1) is 10.8 Å². The maximum Gasteiger partial charge on any atom is 0.0529 e. The molecule has 0 spiro atoms. The Balaban J connectivity index is 2.70. The zero-order valence-corrected chi connectivity index (χ0v) is 11.4. The van der Waals surface area contributed by atoms with Gasteiger partial charge in [0, 0.05) is 16.3 Å². The monoisotopic (exact) mass is 239 g/mol. The summed E-state index contributed by atoms with van der Waals surface area (Å²) in [6, 6.07) is 5.62. The Labute approximate surface area is 101 Å². The van der Waals surface area contributed by atoms with E-state index in [9.17, 15) is 4.21 Å². The van der Waals surface area contributed by atoms with Crippen molar-refractivity contribution >= 4 is 16.5 Å². The van der Waals surface area contributed by atoms with Crippen molar-refractivity contribution in [3.8, 4) is 0 Å². The summed E-state index contributed by atoms with van der Waals surface area (Å²) in [6.45, 7) is 8.44. The summed E-state index contributed by atoms with van der Waals surface area (Å²) in [5.41, 5.74) is 7.73. The minimum absolute atomic E-state index is 0.235. The van der Waals surface area contributed by atoms with Crippen molar-refractivity contribution < 1.29 is 4.21 Å². The number of aryl methyl sites for hydroxylation is 1. The first kappa shape index (κ1) is 13.2. The normalized spacial score (nSPS) is 13.8. The molecule has 2 nitrogen and oxygen atoms in total. The maximum atomic E-state index is 12.0. The van der Waals surface area contributed by atoms with Crippen LogP contribution in [0, 0.1) is 12.3 Å². The van der Waals surface area contributed by atoms with E-state index in [1.54, 1.807) is 0 Å². The van der Waals surface area contributed by atoms with Crippen LogP contribution in [0.2, 0.25) is 0 Å². The van der Waals surface area contributed by atoms with E-state index < -0.39 is 10.8 Å². The molecule has 1 aromatic rings. The molecule has 0 heterocycles. The van der Waals surface area contributed by atoms with Gasteiger partial charge >= 0.3 is 0 Å². The summed E-state index contributed by atoms with van der Waals surface area (Å²) in [7, 11) is -0.904. The third-order valence-electron chi connectivity index (χ3n) is 2.54. The fourth-order valence-corrected chi connectivity index (χ4v) is 2.87. The first-order valence-electron chi connectivity index (χ1n) is 5.54. The van der Waals surface area contributed by atoms with E-state index >= 15 is 0 Å². The van der Waals surface area contributed by atoms with Crippen molar-refractivity contribution in [1.29, 1.82) is 0 Å². The van der Waals surface area contributed by atoms with Gasteiger partial charge in [-0.15, -0.1) is 0 Å². The fraction of sp³-hybridized carbons (Fsp3) is 0.538. The third kappa shape index (κ3) is 3.97. The second kappa shape index (κ2) is 5.00. The van der Waals surface area contributed by atoms with Crippen molar-refractivity contribution in [3.63, 3.8) is 0 Å². The predicted octanol–water partition coefficient (Wildman–Crippen LogP) is 3.12. The van der Waals surface area contributed by atoms with Gasteiger partial charge < -0.3 is 5.73 Å². The molecule has 1 unspecified atom stereocenters. The van der Waals surface area contributed by atoms with E-state index in [-0.39, 0.29) is 5.41 Å². The number of hydrogen-bond donors (Lipinski definition) is 1. The van der Waals surface area contributed by atoms with Gasteiger partial charge in [0.25, 0.3) is 0 Å². The summed E-state index contributed by atoms with van der Waals surface area (Å²) in [4.78, 5) is 0.885. The van der Waals surface area contributed by atoms with Crippen LogP contribution in [0.3, 0.4) is 0 Å². The SMILES string of the molecule is Cc1cc(S(=O)CCC(C)(C)C)ccc1N. The van der Waals surface area contributed by atoms with Gasteiger partial charge in [0.1, 0.15) is 0 Å². The number of hydrogen-bond acceptors (Lipinski definition) is 2. The van der Waals surface area contributed by atoms with E-state index in [0.29, 0.717) is 5.75 Å². The Morgan fingerprint density at radius 3 is 2.44 bits per heavy atom. The van der Waals surface area contributed by atoms with Crippen LogP contribution in [0.1, 0.15) is 32.8 Å². The summed E-state index contributed by atoms with van der Waals surface area (Å²) in [5.74, 6) is 0.715. The van der Waals surface area contributed by atoms with E-state index in [1.165, 1.54) is 0 Å². The summed E-state index contributed by atoms with van der Waals surface area (Å²) in [5, 5.41) is 0. The lowest BCUT2D eigenvalue weighted by molar-refractivity contribution is 0.400. The van der Waals surface area contributed by atoms with Crippen molar-refractivity contribution in [2.45, 2.75) is 39.0 Å². The van der Waals surface area contributed by atoms with Crippen LogP contribution in [0.4, 0.5) is 5.69 Å². The van der Waals surface area contributed by atoms with Gasteiger partial charge in [-0.1, -0.05) is 20.8 Å². The minimum atomic E-state index is -0.904. The number of rotatable bonds is 3. The molecular formula is C13H21NOS. The van der Waals surface area contributed by atoms with E-state index in [0.717, 1.165) is 22.6 Å². The molecule has 0 aliphatic heterocycles. The van der Waals surface area contributed by atoms with Crippen LogP contribution in [0.5, 0.6) is 0 Å². The molecule has 0 aliphatic carbocycles. The lowest BCUT2D eigenvalue weighted by Gasteiger charge is -2.17. The summed E-state index contributed by atoms with van der Waals surface area (Å²) in [6.07, 6.45) is 0.961. The van der Waals surface area contributed by atoms with Gasteiger partial charge in [-0.25, -0.2) is 0 Å². The largest absolute Gasteiger partial charge is 0.399 e. The Kier molecular flexibility index (Phi) is 4.14. The Morgan fingerprint density at radius 1 is 1.31 bits per heavy atom. The molecule has 1 aromatic carbocycles. The summed E-state index contributed by atoms with van der Waals surface area (Å²) >= 11 is 0. The maximum absolute atomic E-state index is 12.0. The molecule has 0 bridgehead atoms. The average Bonchev–Trinajstić information content (AvgIpc) is 2.17. The molecule has 0 saturated carbocycles. The molecule has 0 amide bonds. The zero-order valence-electron chi connectivity index (χ0n) is 10.5. The molecule has 0 saturated heterocycles. The first-order valence-corrected chi connectivity index (χ1v) is 6.86. The van der Waals surface area contributed by atoms with Gasteiger partial charge in [-0.3, -0.25) is 4.21 Å². The molecule has 0 aliphatic rings. The number of nitrogens with two attached hydrogens (primary N) is 1. The van der Waals surface area contributed by atoms with E-state index in [4.69, 9.17) is 5.73 Å². The highest BCUT2D eigenvalue weighted by atomic mass is 32.2. The van der Waals surface area contributed by atoms with Crippen LogP contribution in [0.25, 0.3) is 0 Å². The number of nitrogen functional groups attached to an aromatic ring is 1. The highest BCUT2D eigenvalue weighted by Gasteiger charge is 2.13. The molecule has 1 atom stereocenters. The van der Waals surface area contributed by atoms with Crippen LogP contribution < -0.4 is 5.73 Å². The van der Waals surface area contributed by atoms with Gasteiger partial charge in [0.15, 0.2) is 0 Å². The second-order valence-electron chi connectivity index (χ2n) is 5.38. The number of benzene rings is 1. The second-order valence-corrected chi connectivity index (χ2v) is 6.95. The van der Waals surface area contributed by atoms with Gasteiger partial charge in [-0.2, -0.15) is 0 Å². The van der Waals surface area contributed by atoms with Crippen LogP contribution in [-0.2, 0) is 10.8 Å². The third-order valence-corrected chi connectivity index (χ3v) is 3.90. The van der Waals surface area contributed by atoms with Crippen LogP contribution >= 0.6 is 0 Å². The molecule has 2 N–H and O–H groups in total. The van der Waals surface area contributed by atoms with E-state index in [2.05, 4.69) is 20.8 Å². The molecule has 1 rings (SSSR count). The Bertz CT molecular complexity index is 393. The molecule has 16 heavy (non-hydrogen) atoms. The fourth-order valence-electron chi connectivity index (χ4n) is 1.31. The minimum Gasteiger partial charge on any atom is -0.399 e. The molecule has 0 radical (unpaired) electrons. The van der Waals surface area contributed by atoms with Crippen molar-refractivity contribution in [2.75, 3.05) is 11.5 Å². The predicted molar refractivity (Wildman–Crippen MR) is 70.9 cm³/mol.